The van der Waals surface area contributed by atoms with Gasteiger partial charge in [-0.15, -0.1) is 0 Å². The van der Waals surface area contributed by atoms with Crippen LogP contribution in [0.5, 0.6) is 0 Å². The molecule has 2 aliphatic carbocycles. The Bertz CT molecular complexity index is 427. The van der Waals surface area contributed by atoms with E-state index in [9.17, 15) is 9.59 Å². The maximum atomic E-state index is 12.4. The van der Waals surface area contributed by atoms with Crippen molar-refractivity contribution in [2.75, 3.05) is 13.1 Å². The standard InChI is InChI=1S/C15H24N2O2/c1-14(2)10-4-6-15(3,8-10)13(14)17-7-5-11(18)16-9-12(17)19/h10,13H,4-9H2,1-3H3,(H,16,18). The molecule has 0 radical (unpaired) electrons. The predicted octanol–water partition coefficient (Wildman–Crippen LogP) is 1.55. The average molecular weight is 264 g/mol. The lowest BCUT2D eigenvalue weighted by Gasteiger charge is -2.48. The molecule has 1 N–H and O–H groups in total. The van der Waals surface area contributed by atoms with Gasteiger partial charge in [0.1, 0.15) is 0 Å². The molecule has 0 aromatic rings. The lowest BCUT2D eigenvalue weighted by atomic mass is 9.67. The molecule has 3 aliphatic rings. The Kier molecular flexibility index (Phi) is 2.70. The first-order chi connectivity index (χ1) is 8.84. The summed E-state index contributed by atoms with van der Waals surface area (Å²) >= 11 is 0. The summed E-state index contributed by atoms with van der Waals surface area (Å²) in [7, 11) is 0. The van der Waals surface area contributed by atoms with Gasteiger partial charge in [-0.05, 0) is 36.0 Å². The lowest BCUT2D eigenvalue weighted by molar-refractivity contribution is -0.138. The van der Waals surface area contributed by atoms with Crippen molar-refractivity contribution < 1.29 is 9.59 Å². The number of fused-ring (bicyclic) bond motifs is 2. The SMILES string of the molecule is CC12CCC(C1)C(C)(C)C2N1CCC(=O)NCC1=O. The van der Waals surface area contributed by atoms with E-state index < -0.39 is 0 Å². The number of rotatable bonds is 1. The minimum absolute atomic E-state index is 0.00182. The second-order valence-electron chi connectivity index (χ2n) is 7.43. The molecular formula is C15H24N2O2. The van der Waals surface area contributed by atoms with Gasteiger partial charge in [0.15, 0.2) is 0 Å². The minimum Gasteiger partial charge on any atom is -0.347 e. The number of carbonyl (C=O) groups is 2. The van der Waals surface area contributed by atoms with Crippen LogP contribution < -0.4 is 5.32 Å². The third-order valence-corrected chi connectivity index (χ3v) is 5.84. The van der Waals surface area contributed by atoms with Crippen molar-refractivity contribution in [3.05, 3.63) is 0 Å². The first-order valence-corrected chi connectivity index (χ1v) is 7.41. The Labute approximate surface area is 114 Å². The van der Waals surface area contributed by atoms with E-state index in [2.05, 4.69) is 26.1 Å². The van der Waals surface area contributed by atoms with Crippen LogP contribution in [0.2, 0.25) is 0 Å². The molecule has 0 spiro atoms. The summed E-state index contributed by atoms with van der Waals surface area (Å²) in [6.45, 7) is 7.70. The zero-order valence-electron chi connectivity index (χ0n) is 12.2. The molecule has 0 aromatic heterocycles. The third kappa shape index (κ3) is 1.79. The fraction of sp³-hybridized carbons (Fsp3) is 0.867. The Morgan fingerprint density at radius 3 is 2.63 bits per heavy atom. The van der Waals surface area contributed by atoms with Crippen LogP contribution in [0.25, 0.3) is 0 Å². The number of amides is 2. The van der Waals surface area contributed by atoms with E-state index in [0.29, 0.717) is 19.0 Å². The predicted molar refractivity (Wildman–Crippen MR) is 72.4 cm³/mol. The fourth-order valence-electron chi connectivity index (χ4n) is 5.04. The summed E-state index contributed by atoms with van der Waals surface area (Å²) < 4.78 is 0. The van der Waals surface area contributed by atoms with Crippen LogP contribution in [0, 0.1) is 16.7 Å². The summed E-state index contributed by atoms with van der Waals surface area (Å²) in [5.41, 5.74) is 0.424. The minimum atomic E-state index is 0.00182. The molecule has 4 heteroatoms. The fourth-order valence-corrected chi connectivity index (χ4v) is 5.04. The van der Waals surface area contributed by atoms with Crippen molar-refractivity contribution in [2.24, 2.45) is 16.7 Å². The molecule has 3 unspecified atom stereocenters. The van der Waals surface area contributed by atoms with Crippen LogP contribution >= 0.6 is 0 Å². The molecule has 1 heterocycles. The maximum Gasteiger partial charge on any atom is 0.242 e. The molecule has 106 valence electrons. The van der Waals surface area contributed by atoms with Gasteiger partial charge in [-0.1, -0.05) is 20.8 Å². The summed E-state index contributed by atoms with van der Waals surface area (Å²) in [4.78, 5) is 25.9. The van der Waals surface area contributed by atoms with Gasteiger partial charge in [0.2, 0.25) is 11.8 Å². The van der Waals surface area contributed by atoms with Crippen LogP contribution in [0.1, 0.15) is 46.5 Å². The van der Waals surface area contributed by atoms with Crippen LogP contribution in [-0.4, -0.2) is 35.8 Å². The summed E-state index contributed by atoms with van der Waals surface area (Å²) in [5.74, 6) is 0.821. The van der Waals surface area contributed by atoms with Gasteiger partial charge in [-0.2, -0.15) is 0 Å². The van der Waals surface area contributed by atoms with E-state index in [-0.39, 0.29) is 29.2 Å². The van der Waals surface area contributed by atoms with Crippen molar-refractivity contribution in [3.8, 4) is 0 Å². The van der Waals surface area contributed by atoms with Crippen LogP contribution in [0.3, 0.4) is 0 Å². The molecule has 0 aromatic carbocycles. The Morgan fingerprint density at radius 1 is 1.26 bits per heavy atom. The van der Waals surface area contributed by atoms with Gasteiger partial charge in [-0.25, -0.2) is 0 Å². The molecule has 3 rings (SSSR count). The van der Waals surface area contributed by atoms with Gasteiger partial charge in [0, 0.05) is 19.0 Å². The normalized spacial score (nSPS) is 41.3. The maximum absolute atomic E-state index is 12.4. The average Bonchev–Trinajstić information content (AvgIpc) is 2.75. The van der Waals surface area contributed by atoms with E-state index in [1.807, 2.05) is 4.90 Å². The van der Waals surface area contributed by atoms with Gasteiger partial charge in [0.25, 0.3) is 0 Å². The topological polar surface area (TPSA) is 49.4 Å². The van der Waals surface area contributed by atoms with Crippen LogP contribution in [0.15, 0.2) is 0 Å². The van der Waals surface area contributed by atoms with Gasteiger partial charge >= 0.3 is 0 Å². The summed E-state index contributed by atoms with van der Waals surface area (Å²) in [5, 5.41) is 2.70. The number of nitrogens with zero attached hydrogens (tertiary/aromatic N) is 1. The smallest absolute Gasteiger partial charge is 0.242 e. The zero-order chi connectivity index (χ0) is 13.8. The second-order valence-corrected chi connectivity index (χ2v) is 7.43. The third-order valence-electron chi connectivity index (χ3n) is 5.84. The highest BCUT2D eigenvalue weighted by Crippen LogP contribution is 2.64. The van der Waals surface area contributed by atoms with Gasteiger partial charge < -0.3 is 10.2 Å². The molecular weight excluding hydrogens is 240 g/mol. The van der Waals surface area contributed by atoms with Crippen molar-refractivity contribution in [1.29, 1.82) is 0 Å². The Hall–Kier alpha value is -1.06. The highest BCUT2D eigenvalue weighted by molar-refractivity contribution is 5.87. The molecule has 1 aliphatic heterocycles. The lowest BCUT2D eigenvalue weighted by Crippen LogP contribution is -2.55. The highest BCUT2D eigenvalue weighted by Gasteiger charge is 2.61. The molecule has 1 saturated heterocycles. The second kappa shape index (κ2) is 3.97. The Balaban J connectivity index is 1.92. The zero-order valence-corrected chi connectivity index (χ0v) is 12.2. The monoisotopic (exact) mass is 264 g/mol. The highest BCUT2D eigenvalue weighted by atomic mass is 16.2. The first kappa shape index (κ1) is 12.9. The van der Waals surface area contributed by atoms with Crippen LogP contribution in [-0.2, 0) is 9.59 Å². The van der Waals surface area contributed by atoms with Crippen molar-refractivity contribution in [1.82, 2.24) is 10.2 Å². The first-order valence-electron chi connectivity index (χ1n) is 7.41. The van der Waals surface area contributed by atoms with Gasteiger partial charge in [0.05, 0.1) is 6.54 Å². The molecule has 3 atom stereocenters. The largest absolute Gasteiger partial charge is 0.347 e. The number of hydrogen-bond donors (Lipinski definition) is 1. The van der Waals surface area contributed by atoms with Crippen molar-refractivity contribution in [2.45, 2.75) is 52.5 Å². The van der Waals surface area contributed by atoms with Crippen molar-refractivity contribution in [3.63, 3.8) is 0 Å². The van der Waals surface area contributed by atoms with E-state index in [4.69, 9.17) is 0 Å². The molecule has 19 heavy (non-hydrogen) atoms. The molecule has 2 bridgehead atoms. The molecule has 4 nitrogen and oxygen atoms in total. The van der Waals surface area contributed by atoms with Crippen LogP contribution in [0.4, 0.5) is 0 Å². The molecule has 2 amide bonds. The summed E-state index contributed by atoms with van der Waals surface area (Å²) in [6, 6.07) is 0.291. The molecule has 2 saturated carbocycles. The van der Waals surface area contributed by atoms with E-state index in [0.717, 1.165) is 5.92 Å². The van der Waals surface area contributed by atoms with E-state index in [1.54, 1.807) is 0 Å². The molecule has 3 fully saturated rings. The van der Waals surface area contributed by atoms with Crippen molar-refractivity contribution >= 4 is 11.8 Å². The number of nitrogens with one attached hydrogen (secondary N) is 1. The quantitative estimate of drug-likeness (QED) is 0.781. The summed E-state index contributed by atoms with van der Waals surface area (Å²) in [6.07, 6.45) is 4.19. The Morgan fingerprint density at radius 2 is 2.00 bits per heavy atom. The van der Waals surface area contributed by atoms with E-state index >= 15 is 0 Å². The number of carbonyl (C=O) groups excluding carboxylic acids is 2. The van der Waals surface area contributed by atoms with Gasteiger partial charge in [-0.3, -0.25) is 9.59 Å². The van der Waals surface area contributed by atoms with E-state index in [1.165, 1.54) is 19.3 Å². The number of hydrogen-bond acceptors (Lipinski definition) is 2.